The van der Waals surface area contributed by atoms with Crippen molar-refractivity contribution < 1.29 is 14.2 Å². The van der Waals surface area contributed by atoms with E-state index in [4.69, 9.17) is 4.74 Å². The predicted octanol–water partition coefficient (Wildman–Crippen LogP) is 1.30. The first kappa shape index (κ1) is 11.1. The van der Waals surface area contributed by atoms with Gasteiger partial charge < -0.3 is 15.2 Å². The number of benzene rings is 1. The van der Waals surface area contributed by atoms with Crippen LogP contribution in [0.1, 0.15) is 24.0 Å². The van der Waals surface area contributed by atoms with Crippen molar-refractivity contribution in [2.75, 3.05) is 13.2 Å². The number of ether oxygens (including phenoxy) is 1. The Morgan fingerprint density at radius 3 is 3.12 bits per heavy atom. The van der Waals surface area contributed by atoms with Crippen LogP contribution in [0.5, 0.6) is 0 Å². The fourth-order valence-corrected chi connectivity index (χ4v) is 2.80. The van der Waals surface area contributed by atoms with Gasteiger partial charge in [0.05, 0.1) is 12.6 Å². The van der Waals surface area contributed by atoms with E-state index in [1.165, 1.54) is 12.1 Å². The van der Waals surface area contributed by atoms with Gasteiger partial charge in [-0.3, -0.25) is 0 Å². The molecule has 2 N–H and O–H groups in total. The Bertz CT molecular complexity index is 431. The Kier molecular flexibility index (Phi) is 2.65. The molecule has 0 amide bonds. The molecular weight excluding hydrogens is 221 g/mol. The Morgan fingerprint density at radius 2 is 2.35 bits per heavy atom. The first-order chi connectivity index (χ1) is 8.20. The number of rotatable bonds is 1. The van der Waals surface area contributed by atoms with Crippen LogP contribution in [0.25, 0.3) is 0 Å². The van der Waals surface area contributed by atoms with Crippen molar-refractivity contribution in [1.29, 1.82) is 0 Å². The van der Waals surface area contributed by atoms with Crippen molar-refractivity contribution in [2.45, 2.75) is 31.1 Å². The van der Waals surface area contributed by atoms with Gasteiger partial charge in [-0.2, -0.15) is 0 Å². The molecule has 2 aliphatic heterocycles. The molecule has 0 aliphatic carbocycles. The minimum atomic E-state index is -1.37. The van der Waals surface area contributed by atoms with Crippen LogP contribution in [-0.2, 0) is 16.9 Å². The van der Waals surface area contributed by atoms with E-state index in [2.05, 4.69) is 5.32 Å². The maximum absolute atomic E-state index is 13.3. The van der Waals surface area contributed by atoms with Gasteiger partial charge in [0, 0.05) is 5.56 Å². The SMILES string of the molecule is O[C@@]1([C@@H]2CCCN2)OCCc2ccc(F)cc21. The average molecular weight is 237 g/mol. The lowest BCUT2D eigenvalue weighted by atomic mass is 9.89. The average Bonchev–Trinajstić information content (AvgIpc) is 2.84. The summed E-state index contributed by atoms with van der Waals surface area (Å²) in [5.41, 5.74) is 1.57. The molecule has 0 bridgehead atoms. The molecule has 3 nitrogen and oxygen atoms in total. The summed E-state index contributed by atoms with van der Waals surface area (Å²) in [7, 11) is 0. The highest BCUT2D eigenvalue weighted by atomic mass is 19.1. The first-order valence-corrected chi connectivity index (χ1v) is 6.09. The zero-order chi connectivity index (χ0) is 11.9. The quantitative estimate of drug-likeness (QED) is 0.773. The van der Waals surface area contributed by atoms with Crippen molar-refractivity contribution in [1.82, 2.24) is 5.32 Å². The van der Waals surface area contributed by atoms with Crippen LogP contribution in [-0.4, -0.2) is 24.3 Å². The predicted molar refractivity (Wildman–Crippen MR) is 61.0 cm³/mol. The molecule has 0 aromatic heterocycles. The zero-order valence-corrected chi connectivity index (χ0v) is 9.58. The second kappa shape index (κ2) is 4.05. The van der Waals surface area contributed by atoms with Crippen LogP contribution in [0.15, 0.2) is 18.2 Å². The second-order valence-electron chi connectivity index (χ2n) is 4.75. The largest absolute Gasteiger partial charge is 0.361 e. The molecule has 1 aromatic rings. The van der Waals surface area contributed by atoms with E-state index in [1.807, 2.05) is 0 Å². The third kappa shape index (κ3) is 1.76. The number of nitrogens with one attached hydrogen (secondary N) is 1. The van der Waals surface area contributed by atoms with Gasteiger partial charge in [0.1, 0.15) is 5.82 Å². The highest BCUT2D eigenvalue weighted by molar-refractivity contribution is 5.34. The lowest BCUT2D eigenvalue weighted by molar-refractivity contribution is -0.236. The maximum Gasteiger partial charge on any atom is 0.208 e. The summed E-state index contributed by atoms with van der Waals surface area (Å²) in [6, 6.07) is 4.44. The van der Waals surface area contributed by atoms with E-state index < -0.39 is 5.79 Å². The number of fused-ring (bicyclic) bond motifs is 1. The van der Waals surface area contributed by atoms with Crippen molar-refractivity contribution in [3.8, 4) is 0 Å². The van der Waals surface area contributed by atoms with Gasteiger partial charge in [-0.05, 0) is 43.5 Å². The number of aliphatic hydroxyl groups is 1. The first-order valence-electron chi connectivity index (χ1n) is 6.09. The summed E-state index contributed by atoms with van der Waals surface area (Å²) >= 11 is 0. The molecule has 0 spiro atoms. The molecule has 92 valence electrons. The summed E-state index contributed by atoms with van der Waals surface area (Å²) in [6.45, 7) is 1.36. The second-order valence-corrected chi connectivity index (χ2v) is 4.75. The Morgan fingerprint density at radius 1 is 1.47 bits per heavy atom. The van der Waals surface area contributed by atoms with Crippen molar-refractivity contribution in [3.05, 3.63) is 35.1 Å². The topological polar surface area (TPSA) is 41.5 Å². The number of hydrogen-bond acceptors (Lipinski definition) is 3. The van der Waals surface area contributed by atoms with Gasteiger partial charge in [0.15, 0.2) is 0 Å². The summed E-state index contributed by atoms with van der Waals surface area (Å²) in [6.07, 6.45) is 2.60. The molecule has 2 atom stereocenters. The van der Waals surface area contributed by atoms with Gasteiger partial charge in [0.25, 0.3) is 0 Å². The molecule has 2 heterocycles. The number of hydrogen-bond donors (Lipinski definition) is 2. The van der Waals surface area contributed by atoms with E-state index in [0.717, 1.165) is 31.4 Å². The molecule has 0 radical (unpaired) electrons. The van der Waals surface area contributed by atoms with Crippen LogP contribution < -0.4 is 5.32 Å². The Hall–Kier alpha value is -0.970. The van der Waals surface area contributed by atoms with Gasteiger partial charge in [-0.1, -0.05) is 6.07 Å². The van der Waals surface area contributed by atoms with E-state index in [0.29, 0.717) is 12.2 Å². The lowest BCUT2D eigenvalue weighted by Crippen LogP contribution is -2.50. The Balaban J connectivity index is 2.05. The van der Waals surface area contributed by atoms with Gasteiger partial charge in [-0.15, -0.1) is 0 Å². The summed E-state index contributed by atoms with van der Waals surface area (Å²) in [5.74, 6) is -1.70. The third-order valence-electron chi connectivity index (χ3n) is 3.68. The van der Waals surface area contributed by atoms with E-state index in [1.54, 1.807) is 6.07 Å². The van der Waals surface area contributed by atoms with Gasteiger partial charge >= 0.3 is 0 Å². The lowest BCUT2D eigenvalue weighted by Gasteiger charge is -2.38. The van der Waals surface area contributed by atoms with Crippen LogP contribution in [0, 0.1) is 5.82 Å². The van der Waals surface area contributed by atoms with Crippen LogP contribution in [0.3, 0.4) is 0 Å². The maximum atomic E-state index is 13.3. The number of halogens is 1. The van der Waals surface area contributed by atoms with Gasteiger partial charge in [0.2, 0.25) is 5.79 Å². The van der Waals surface area contributed by atoms with E-state index in [9.17, 15) is 9.50 Å². The molecule has 2 aliphatic rings. The van der Waals surface area contributed by atoms with Crippen molar-refractivity contribution in [2.24, 2.45) is 0 Å². The normalized spacial score (nSPS) is 32.5. The fourth-order valence-electron chi connectivity index (χ4n) is 2.80. The fraction of sp³-hybridized carbons (Fsp3) is 0.538. The molecule has 17 heavy (non-hydrogen) atoms. The molecule has 1 fully saturated rings. The van der Waals surface area contributed by atoms with Gasteiger partial charge in [-0.25, -0.2) is 4.39 Å². The van der Waals surface area contributed by atoms with Crippen LogP contribution in [0.2, 0.25) is 0 Å². The molecular formula is C13H16FNO2. The van der Waals surface area contributed by atoms with E-state index >= 15 is 0 Å². The smallest absolute Gasteiger partial charge is 0.208 e. The van der Waals surface area contributed by atoms with E-state index in [-0.39, 0.29) is 11.9 Å². The van der Waals surface area contributed by atoms with Crippen molar-refractivity contribution >= 4 is 0 Å². The standard InChI is InChI=1S/C13H16FNO2/c14-10-4-3-9-5-7-17-13(16,11(9)8-10)12-2-1-6-15-12/h3-4,8,12,15-16H,1-2,5-7H2/t12-,13+/m0/s1. The monoisotopic (exact) mass is 237 g/mol. The summed E-state index contributed by atoms with van der Waals surface area (Å²) in [4.78, 5) is 0. The third-order valence-corrected chi connectivity index (χ3v) is 3.68. The van der Waals surface area contributed by atoms with Crippen LogP contribution in [0.4, 0.5) is 4.39 Å². The summed E-state index contributed by atoms with van der Waals surface area (Å²) < 4.78 is 18.9. The molecule has 0 unspecified atom stereocenters. The Labute approximate surface area is 99.6 Å². The van der Waals surface area contributed by atoms with Crippen molar-refractivity contribution in [3.63, 3.8) is 0 Å². The highest BCUT2D eigenvalue weighted by Gasteiger charge is 2.44. The summed E-state index contributed by atoms with van der Waals surface area (Å²) in [5, 5.41) is 13.9. The molecule has 0 saturated carbocycles. The minimum Gasteiger partial charge on any atom is -0.361 e. The molecule has 1 aromatic carbocycles. The molecule has 1 saturated heterocycles. The van der Waals surface area contributed by atoms with Crippen LogP contribution >= 0.6 is 0 Å². The zero-order valence-electron chi connectivity index (χ0n) is 9.58. The minimum absolute atomic E-state index is 0.136. The molecule has 4 heteroatoms. The molecule has 3 rings (SSSR count). The highest BCUT2D eigenvalue weighted by Crippen LogP contribution is 2.37.